The van der Waals surface area contributed by atoms with E-state index in [2.05, 4.69) is 9.97 Å². The van der Waals surface area contributed by atoms with Crippen molar-refractivity contribution >= 4 is 5.78 Å². The van der Waals surface area contributed by atoms with E-state index in [0.717, 1.165) is 5.69 Å². The van der Waals surface area contributed by atoms with Gasteiger partial charge in [0.05, 0.1) is 18.0 Å². The number of aromatic nitrogens is 3. The van der Waals surface area contributed by atoms with E-state index < -0.39 is 6.10 Å². The van der Waals surface area contributed by atoms with E-state index in [9.17, 15) is 5.11 Å². The Bertz CT molecular complexity index is 394. The molecule has 62 valence electrons. The van der Waals surface area contributed by atoms with Crippen LogP contribution < -0.4 is 0 Å². The largest absolute Gasteiger partial charge is 0.387 e. The quantitative estimate of drug-likeness (QED) is 0.676. The molecule has 0 amide bonds. The van der Waals surface area contributed by atoms with E-state index in [-0.39, 0.29) is 0 Å². The Hall–Kier alpha value is -1.42. The van der Waals surface area contributed by atoms with Crippen molar-refractivity contribution in [2.75, 3.05) is 0 Å². The molecule has 0 fully saturated rings. The van der Waals surface area contributed by atoms with E-state index in [0.29, 0.717) is 5.78 Å². The van der Waals surface area contributed by atoms with Crippen LogP contribution in [0.1, 0.15) is 18.7 Å². The molecule has 0 spiro atoms. The summed E-state index contributed by atoms with van der Waals surface area (Å²) < 4.78 is 1.77. The van der Waals surface area contributed by atoms with Crippen LogP contribution in [-0.4, -0.2) is 19.5 Å². The van der Waals surface area contributed by atoms with Gasteiger partial charge in [-0.05, 0) is 13.0 Å². The lowest BCUT2D eigenvalue weighted by molar-refractivity contribution is 0.193. The van der Waals surface area contributed by atoms with E-state index >= 15 is 0 Å². The van der Waals surface area contributed by atoms with Gasteiger partial charge in [-0.2, -0.15) is 0 Å². The zero-order valence-electron chi connectivity index (χ0n) is 6.68. The Morgan fingerprint density at radius 1 is 1.50 bits per heavy atom. The lowest BCUT2D eigenvalue weighted by Crippen LogP contribution is -1.97. The van der Waals surface area contributed by atoms with Gasteiger partial charge in [-0.3, -0.25) is 4.40 Å². The highest BCUT2D eigenvalue weighted by molar-refractivity contribution is 5.30. The maximum absolute atomic E-state index is 9.32. The van der Waals surface area contributed by atoms with Crippen molar-refractivity contribution < 1.29 is 5.11 Å². The zero-order valence-corrected chi connectivity index (χ0v) is 6.68. The number of hydrogen-bond acceptors (Lipinski definition) is 3. The Morgan fingerprint density at radius 3 is 3.08 bits per heavy atom. The topological polar surface area (TPSA) is 50.4 Å². The van der Waals surface area contributed by atoms with E-state index in [1.807, 2.05) is 6.20 Å². The van der Waals surface area contributed by atoms with Gasteiger partial charge in [0.2, 0.25) is 5.78 Å². The second-order valence-corrected chi connectivity index (χ2v) is 2.65. The summed E-state index contributed by atoms with van der Waals surface area (Å²) in [4.78, 5) is 8.06. The highest BCUT2D eigenvalue weighted by Crippen LogP contribution is 2.11. The predicted octanol–water partition coefficient (Wildman–Crippen LogP) is 0.783. The molecular formula is C8H9N3O. The Kier molecular flexibility index (Phi) is 1.55. The third-order valence-electron chi connectivity index (χ3n) is 1.75. The maximum Gasteiger partial charge on any atom is 0.233 e. The second-order valence-electron chi connectivity index (χ2n) is 2.65. The molecular weight excluding hydrogens is 154 g/mol. The molecule has 0 aromatic carbocycles. The van der Waals surface area contributed by atoms with E-state index in [4.69, 9.17) is 0 Å². The molecule has 2 heterocycles. The number of fused-ring (bicyclic) bond motifs is 1. The van der Waals surface area contributed by atoms with Gasteiger partial charge in [-0.25, -0.2) is 9.97 Å². The molecule has 1 atom stereocenters. The van der Waals surface area contributed by atoms with Crippen molar-refractivity contribution in [1.82, 2.24) is 14.4 Å². The lowest BCUT2D eigenvalue weighted by Gasteiger charge is -2.01. The Balaban J connectivity index is 2.70. The molecule has 2 aromatic heterocycles. The summed E-state index contributed by atoms with van der Waals surface area (Å²) in [5.41, 5.74) is 0.762. The zero-order chi connectivity index (χ0) is 8.55. The van der Waals surface area contributed by atoms with Crippen LogP contribution >= 0.6 is 0 Å². The van der Waals surface area contributed by atoms with Gasteiger partial charge in [0.25, 0.3) is 0 Å². The first-order valence-electron chi connectivity index (χ1n) is 3.75. The molecule has 0 saturated carbocycles. The Labute approximate surface area is 69.5 Å². The summed E-state index contributed by atoms with van der Waals surface area (Å²) in [5, 5.41) is 9.32. The minimum Gasteiger partial charge on any atom is -0.387 e. The average molecular weight is 163 g/mol. The molecule has 1 unspecified atom stereocenters. The normalized spacial score (nSPS) is 13.5. The van der Waals surface area contributed by atoms with Gasteiger partial charge in [0.15, 0.2) is 0 Å². The van der Waals surface area contributed by atoms with Gasteiger partial charge in [-0.1, -0.05) is 0 Å². The molecule has 12 heavy (non-hydrogen) atoms. The van der Waals surface area contributed by atoms with Crippen LogP contribution in [0, 0.1) is 0 Å². The molecule has 1 N–H and O–H groups in total. The molecule has 0 bridgehead atoms. The first-order valence-corrected chi connectivity index (χ1v) is 3.75. The molecule has 0 aliphatic rings. The molecule has 0 aliphatic carbocycles. The first-order chi connectivity index (χ1) is 5.79. The third kappa shape index (κ3) is 0.967. The summed E-state index contributed by atoms with van der Waals surface area (Å²) in [6, 6.07) is 1.81. The molecule has 0 radical (unpaired) electrons. The molecule has 2 aromatic rings. The monoisotopic (exact) mass is 163 g/mol. The summed E-state index contributed by atoms with van der Waals surface area (Å²) >= 11 is 0. The summed E-state index contributed by atoms with van der Waals surface area (Å²) in [7, 11) is 0. The first kappa shape index (κ1) is 7.24. The Morgan fingerprint density at radius 2 is 2.33 bits per heavy atom. The number of aliphatic hydroxyl groups is 1. The fraction of sp³-hybridized carbons (Fsp3) is 0.250. The van der Waals surface area contributed by atoms with Crippen LogP contribution in [-0.2, 0) is 0 Å². The SMILES string of the molecule is CC(O)c1cnc2ncccn12. The van der Waals surface area contributed by atoms with Gasteiger partial charge in [0, 0.05) is 12.4 Å². The van der Waals surface area contributed by atoms with Crippen molar-refractivity contribution in [2.45, 2.75) is 13.0 Å². The minimum atomic E-state index is -0.510. The van der Waals surface area contributed by atoms with Crippen LogP contribution in [0.2, 0.25) is 0 Å². The van der Waals surface area contributed by atoms with Crippen LogP contribution in [0.25, 0.3) is 5.78 Å². The van der Waals surface area contributed by atoms with Gasteiger partial charge < -0.3 is 5.11 Å². The number of nitrogens with zero attached hydrogens (tertiary/aromatic N) is 3. The number of aliphatic hydroxyl groups excluding tert-OH is 1. The fourth-order valence-corrected chi connectivity index (χ4v) is 1.16. The molecule has 4 nitrogen and oxygen atoms in total. The molecule has 4 heteroatoms. The van der Waals surface area contributed by atoms with Gasteiger partial charge in [0.1, 0.15) is 0 Å². The predicted molar refractivity (Wildman–Crippen MR) is 43.6 cm³/mol. The van der Waals surface area contributed by atoms with E-state index in [1.54, 1.807) is 29.8 Å². The smallest absolute Gasteiger partial charge is 0.233 e. The molecule has 2 rings (SSSR count). The van der Waals surface area contributed by atoms with Crippen molar-refractivity contribution in [3.8, 4) is 0 Å². The van der Waals surface area contributed by atoms with Crippen molar-refractivity contribution in [3.63, 3.8) is 0 Å². The summed E-state index contributed by atoms with van der Waals surface area (Å²) in [5.74, 6) is 0.619. The highest BCUT2D eigenvalue weighted by atomic mass is 16.3. The van der Waals surface area contributed by atoms with Gasteiger partial charge >= 0.3 is 0 Å². The van der Waals surface area contributed by atoms with Gasteiger partial charge in [-0.15, -0.1) is 0 Å². The molecule has 0 saturated heterocycles. The van der Waals surface area contributed by atoms with Crippen LogP contribution in [0.3, 0.4) is 0 Å². The lowest BCUT2D eigenvalue weighted by atomic mass is 10.3. The van der Waals surface area contributed by atoms with Crippen LogP contribution in [0.5, 0.6) is 0 Å². The second kappa shape index (κ2) is 2.57. The fourth-order valence-electron chi connectivity index (χ4n) is 1.16. The highest BCUT2D eigenvalue weighted by Gasteiger charge is 2.07. The minimum absolute atomic E-state index is 0.510. The van der Waals surface area contributed by atoms with Crippen LogP contribution in [0.15, 0.2) is 24.7 Å². The number of imidazole rings is 1. The third-order valence-corrected chi connectivity index (χ3v) is 1.75. The number of hydrogen-bond donors (Lipinski definition) is 1. The average Bonchev–Trinajstić information content (AvgIpc) is 2.47. The maximum atomic E-state index is 9.32. The van der Waals surface area contributed by atoms with Crippen molar-refractivity contribution in [3.05, 3.63) is 30.4 Å². The standard InChI is InChI=1S/C8H9N3O/c1-6(12)7-5-10-8-9-3-2-4-11(7)8/h2-6,12H,1H3. The molecule has 0 aliphatic heterocycles. The van der Waals surface area contributed by atoms with E-state index in [1.165, 1.54) is 0 Å². The number of rotatable bonds is 1. The van der Waals surface area contributed by atoms with Crippen molar-refractivity contribution in [2.24, 2.45) is 0 Å². The van der Waals surface area contributed by atoms with Crippen LogP contribution in [0.4, 0.5) is 0 Å². The van der Waals surface area contributed by atoms with Crippen molar-refractivity contribution in [1.29, 1.82) is 0 Å². The summed E-state index contributed by atoms with van der Waals surface area (Å²) in [6.45, 7) is 1.70. The summed E-state index contributed by atoms with van der Waals surface area (Å²) in [6.07, 6.45) is 4.63.